The molecule has 0 fully saturated rings. The number of hydrogen-bond acceptors (Lipinski definition) is 5. The molecule has 3 rings (SSSR count). The van der Waals surface area contributed by atoms with Gasteiger partial charge in [-0.2, -0.15) is 13.2 Å². The van der Waals surface area contributed by atoms with E-state index in [2.05, 4.69) is 0 Å². The molecule has 1 amide bonds. The van der Waals surface area contributed by atoms with Crippen LogP contribution in [0.4, 0.5) is 18.9 Å². The van der Waals surface area contributed by atoms with E-state index in [1.165, 1.54) is 16.4 Å². The number of benzene rings is 2. The summed E-state index contributed by atoms with van der Waals surface area (Å²) in [5.41, 5.74) is 2.15. The number of amides is 1. The standard InChI is InChI=1S/C24H25F3N2O4S2/c25-24(26,27)20-8-5-7-19(17-20)18-11-13-21(14-12-18)29(35(32,33)23-10-6-16-34-23)15-4-2-1-3-9-22(30)28-31/h5-8,10-14,16-17,31H,1-4,9,15H2,(H,28,30). The predicted molar refractivity (Wildman–Crippen MR) is 129 cm³/mol. The van der Waals surface area contributed by atoms with Crippen LogP contribution in [0.2, 0.25) is 0 Å². The first-order valence-electron chi connectivity index (χ1n) is 10.9. The molecular weight excluding hydrogens is 501 g/mol. The summed E-state index contributed by atoms with van der Waals surface area (Å²) in [6.45, 7) is 0.204. The van der Waals surface area contributed by atoms with Crippen molar-refractivity contribution in [2.24, 2.45) is 0 Å². The topological polar surface area (TPSA) is 86.7 Å². The maximum absolute atomic E-state index is 13.3. The number of carbonyl (C=O) groups is 1. The summed E-state index contributed by atoms with van der Waals surface area (Å²) in [6, 6.07) is 14.5. The van der Waals surface area contributed by atoms with Crippen LogP contribution in [0, 0.1) is 0 Å². The minimum absolute atomic E-state index is 0.185. The monoisotopic (exact) mass is 526 g/mol. The fourth-order valence-electron chi connectivity index (χ4n) is 3.55. The Morgan fingerprint density at radius 3 is 2.29 bits per heavy atom. The number of alkyl halides is 3. The molecule has 11 heteroatoms. The van der Waals surface area contributed by atoms with E-state index in [4.69, 9.17) is 5.21 Å². The lowest BCUT2D eigenvalue weighted by Gasteiger charge is -2.24. The molecule has 0 aliphatic rings. The highest BCUT2D eigenvalue weighted by Gasteiger charge is 2.30. The highest BCUT2D eigenvalue weighted by molar-refractivity contribution is 7.94. The fraction of sp³-hybridized carbons (Fsp3) is 0.292. The van der Waals surface area contributed by atoms with E-state index in [1.807, 2.05) is 0 Å². The van der Waals surface area contributed by atoms with Gasteiger partial charge in [0.05, 0.1) is 11.3 Å². The number of hydrogen-bond donors (Lipinski definition) is 2. The van der Waals surface area contributed by atoms with Gasteiger partial charge in [0.15, 0.2) is 0 Å². The van der Waals surface area contributed by atoms with Crippen LogP contribution in [0.15, 0.2) is 70.3 Å². The Hall–Kier alpha value is -2.89. The summed E-state index contributed by atoms with van der Waals surface area (Å²) >= 11 is 1.11. The van der Waals surface area contributed by atoms with Crippen molar-refractivity contribution in [2.45, 2.75) is 42.5 Å². The molecule has 188 valence electrons. The normalized spacial score (nSPS) is 11.9. The highest BCUT2D eigenvalue weighted by atomic mass is 32.2. The molecule has 6 nitrogen and oxygen atoms in total. The van der Waals surface area contributed by atoms with Crippen molar-refractivity contribution in [3.05, 3.63) is 71.6 Å². The zero-order valence-corrected chi connectivity index (χ0v) is 20.3. The second-order valence-corrected chi connectivity index (χ2v) is 10.9. The van der Waals surface area contributed by atoms with Gasteiger partial charge in [0.2, 0.25) is 5.91 Å². The predicted octanol–water partition coefficient (Wildman–Crippen LogP) is 6.09. The minimum Gasteiger partial charge on any atom is -0.289 e. The van der Waals surface area contributed by atoms with Gasteiger partial charge in [-0.3, -0.25) is 14.3 Å². The highest BCUT2D eigenvalue weighted by Crippen LogP contribution is 2.33. The molecule has 0 aliphatic heterocycles. The third kappa shape index (κ3) is 7.06. The van der Waals surface area contributed by atoms with Crippen molar-refractivity contribution in [1.29, 1.82) is 0 Å². The van der Waals surface area contributed by atoms with Crippen molar-refractivity contribution in [1.82, 2.24) is 5.48 Å². The second kappa shape index (κ2) is 11.7. The molecule has 35 heavy (non-hydrogen) atoms. The van der Waals surface area contributed by atoms with E-state index in [9.17, 15) is 26.4 Å². The number of nitrogens with one attached hydrogen (secondary N) is 1. The average molecular weight is 527 g/mol. The van der Waals surface area contributed by atoms with Crippen LogP contribution in [0.3, 0.4) is 0 Å². The summed E-state index contributed by atoms with van der Waals surface area (Å²) in [7, 11) is -3.82. The zero-order valence-electron chi connectivity index (χ0n) is 18.7. The number of carbonyl (C=O) groups excluding carboxylic acids is 1. The Bertz CT molecular complexity index is 1210. The SMILES string of the molecule is O=C(CCCCCCN(c1ccc(-c2cccc(C(F)(F)F)c2)cc1)S(=O)(=O)c1cccs1)NO. The quantitative estimate of drug-likeness (QED) is 0.180. The third-order valence-corrected chi connectivity index (χ3v) is 8.56. The average Bonchev–Trinajstić information content (AvgIpc) is 3.39. The van der Waals surface area contributed by atoms with E-state index < -0.39 is 27.7 Å². The summed E-state index contributed by atoms with van der Waals surface area (Å²) in [4.78, 5) is 11.1. The maximum atomic E-state index is 13.3. The molecule has 0 atom stereocenters. The first-order chi connectivity index (χ1) is 16.6. The molecule has 0 saturated heterocycles. The summed E-state index contributed by atoms with van der Waals surface area (Å²) < 4.78 is 67.3. The van der Waals surface area contributed by atoms with Gasteiger partial charge in [-0.1, -0.05) is 43.2 Å². The molecule has 0 aliphatic carbocycles. The minimum atomic E-state index is -4.45. The molecule has 0 radical (unpaired) electrons. The lowest BCUT2D eigenvalue weighted by atomic mass is 10.0. The van der Waals surface area contributed by atoms with Gasteiger partial charge in [0, 0.05) is 13.0 Å². The first kappa shape index (κ1) is 26.7. The number of hydroxylamine groups is 1. The van der Waals surface area contributed by atoms with Gasteiger partial charge >= 0.3 is 6.18 Å². The molecule has 2 N–H and O–H groups in total. The van der Waals surface area contributed by atoms with Gasteiger partial charge in [-0.05, 0) is 59.7 Å². The molecular formula is C24H25F3N2O4S2. The Balaban J connectivity index is 1.78. The van der Waals surface area contributed by atoms with Crippen molar-refractivity contribution < 1.29 is 31.6 Å². The number of nitrogens with zero attached hydrogens (tertiary/aromatic N) is 1. The van der Waals surface area contributed by atoms with Crippen LogP contribution < -0.4 is 9.79 Å². The first-order valence-corrected chi connectivity index (χ1v) is 13.2. The Morgan fingerprint density at radius 2 is 1.66 bits per heavy atom. The summed E-state index contributed by atoms with van der Waals surface area (Å²) in [5.74, 6) is -0.465. The molecule has 1 heterocycles. The van der Waals surface area contributed by atoms with E-state index in [1.54, 1.807) is 47.3 Å². The number of sulfonamides is 1. The molecule has 0 saturated carbocycles. The Labute approximate surface area is 206 Å². The lowest BCUT2D eigenvalue weighted by molar-refractivity contribution is -0.137. The van der Waals surface area contributed by atoms with Crippen molar-refractivity contribution >= 4 is 33.0 Å². The van der Waals surface area contributed by atoms with Crippen LogP contribution in [0.1, 0.15) is 37.7 Å². The number of halogens is 3. The molecule has 0 bridgehead atoms. The second-order valence-electron chi connectivity index (χ2n) is 7.83. The van der Waals surface area contributed by atoms with Gasteiger partial charge in [0.25, 0.3) is 10.0 Å². The lowest BCUT2D eigenvalue weighted by Crippen LogP contribution is -2.31. The third-order valence-electron chi connectivity index (χ3n) is 5.36. The van der Waals surface area contributed by atoms with Crippen LogP contribution in [0.25, 0.3) is 11.1 Å². The van der Waals surface area contributed by atoms with Crippen LogP contribution in [-0.4, -0.2) is 26.1 Å². The smallest absolute Gasteiger partial charge is 0.289 e. The largest absolute Gasteiger partial charge is 0.416 e. The van der Waals surface area contributed by atoms with E-state index >= 15 is 0 Å². The number of thiophene rings is 1. The van der Waals surface area contributed by atoms with Crippen LogP contribution in [0.5, 0.6) is 0 Å². The zero-order chi connectivity index (χ0) is 25.5. The Kier molecular flexibility index (Phi) is 8.92. The van der Waals surface area contributed by atoms with Gasteiger partial charge in [0.1, 0.15) is 4.21 Å². The van der Waals surface area contributed by atoms with Gasteiger partial charge in [-0.15, -0.1) is 11.3 Å². The maximum Gasteiger partial charge on any atom is 0.416 e. The van der Waals surface area contributed by atoms with Gasteiger partial charge < -0.3 is 0 Å². The molecule has 1 aromatic heterocycles. The van der Waals surface area contributed by atoms with E-state index in [-0.39, 0.29) is 17.2 Å². The molecule has 2 aromatic carbocycles. The van der Waals surface area contributed by atoms with Crippen molar-refractivity contribution in [3.63, 3.8) is 0 Å². The molecule has 3 aromatic rings. The number of anilines is 1. The summed E-state index contributed by atoms with van der Waals surface area (Å²) in [5, 5.41) is 10.2. The number of unbranched alkanes of at least 4 members (excludes halogenated alkanes) is 3. The van der Waals surface area contributed by atoms with E-state index in [0.717, 1.165) is 23.5 Å². The number of rotatable bonds is 11. The Morgan fingerprint density at radius 1 is 0.943 bits per heavy atom. The van der Waals surface area contributed by atoms with Crippen molar-refractivity contribution in [2.75, 3.05) is 10.8 Å². The van der Waals surface area contributed by atoms with Gasteiger partial charge in [-0.25, -0.2) is 13.9 Å². The van der Waals surface area contributed by atoms with E-state index in [0.29, 0.717) is 42.5 Å². The van der Waals surface area contributed by atoms with Crippen LogP contribution in [-0.2, 0) is 21.0 Å². The molecule has 0 spiro atoms. The molecule has 0 unspecified atom stereocenters. The summed E-state index contributed by atoms with van der Waals surface area (Å²) in [6.07, 6.45) is -1.79. The van der Waals surface area contributed by atoms with Crippen molar-refractivity contribution in [3.8, 4) is 11.1 Å². The van der Waals surface area contributed by atoms with Crippen LogP contribution >= 0.6 is 11.3 Å². The fourth-order valence-corrected chi connectivity index (χ4v) is 6.16.